The van der Waals surface area contributed by atoms with Crippen LogP contribution in [0.3, 0.4) is 0 Å². The third-order valence-corrected chi connectivity index (χ3v) is 4.89. The summed E-state index contributed by atoms with van der Waals surface area (Å²) in [5.74, 6) is -0.789. The number of non-ortho nitro benzene ring substituents is 1. The van der Waals surface area contributed by atoms with Crippen LogP contribution in [-0.2, 0) is 0 Å². The van der Waals surface area contributed by atoms with Gasteiger partial charge in [-0.25, -0.2) is 5.01 Å². The van der Waals surface area contributed by atoms with Crippen molar-refractivity contribution in [2.24, 2.45) is 5.10 Å². The molecule has 0 fully saturated rings. The van der Waals surface area contributed by atoms with Gasteiger partial charge in [0.25, 0.3) is 11.6 Å². The van der Waals surface area contributed by atoms with Crippen LogP contribution in [-0.4, -0.2) is 33.4 Å². The lowest BCUT2D eigenvalue weighted by Crippen LogP contribution is -2.38. The standard InChI is InChI=1S/C23H17N3O4/c27-22(18-12-7-13-19(14-18)26(29)30)21-15-20(16-8-3-1-4-9-16)24-25(21)23(28)17-10-5-2-6-11-17/h1-14,21H,15H2/t21-/m0/s1. The van der Waals surface area contributed by atoms with E-state index in [2.05, 4.69) is 5.10 Å². The zero-order chi connectivity index (χ0) is 21.1. The molecule has 148 valence electrons. The lowest BCUT2D eigenvalue weighted by Gasteiger charge is -2.20. The number of amides is 1. The molecule has 1 aliphatic rings. The lowest BCUT2D eigenvalue weighted by molar-refractivity contribution is -0.384. The van der Waals surface area contributed by atoms with Crippen LogP contribution in [0.15, 0.2) is 90.0 Å². The zero-order valence-electron chi connectivity index (χ0n) is 15.8. The number of hydrazone groups is 1. The molecule has 0 N–H and O–H groups in total. The van der Waals surface area contributed by atoms with Gasteiger partial charge in [0, 0.05) is 29.7 Å². The molecule has 0 radical (unpaired) electrons. The van der Waals surface area contributed by atoms with Crippen LogP contribution < -0.4 is 0 Å². The highest BCUT2D eigenvalue weighted by atomic mass is 16.6. The van der Waals surface area contributed by atoms with E-state index in [1.165, 1.54) is 29.3 Å². The van der Waals surface area contributed by atoms with Gasteiger partial charge in [-0.1, -0.05) is 60.7 Å². The monoisotopic (exact) mass is 399 g/mol. The minimum absolute atomic E-state index is 0.171. The van der Waals surface area contributed by atoms with Gasteiger partial charge in [-0.05, 0) is 17.7 Å². The molecular formula is C23H17N3O4. The van der Waals surface area contributed by atoms with E-state index >= 15 is 0 Å². The molecule has 1 aliphatic heterocycles. The highest BCUT2D eigenvalue weighted by Crippen LogP contribution is 2.26. The third kappa shape index (κ3) is 3.73. The van der Waals surface area contributed by atoms with E-state index in [0.29, 0.717) is 11.3 Å². The van der Waals surface area contributed by atoms with E-state index in [0.717, 1.165) is 5.56 Å². The fourth-order valence-corrected chi connectivity index (χ4v) is 3.39. The number of nitrogens with zero attached hydrogens (tertiary/aromatic N) is 3. The fourth-order valence-electron chi connectivity index (χ4n) is 3.39. The molecule has 0 bridgehead atoms. The molecule has 0 aliphatic carbocycles. The summed E-state index contributed by atoms with van der Waals surface area (Å²) in [5, 5.41) is 16.8. The van der Waals surface area contributed by atoms with Crippen molar-refractivity contribution >= 4 is 23.1 Å². The van der Waals surface area contributed by atoms with E-state index in [9.17, 15) is 19.7 Å². The first kappa shape index (κ1) is 19.2. The lowest BCUT2D eigenvalue weighted by atomic mass is 9.97. The molecule has 0 saturated heterocycles. The van der Waals surface area contributed by atoms with Gasteiger partial charge >= 0.3 is 0 Å². The summed E-state index contributed by atoms with van der Waals surface area (Å²) in [4.78, 5) is 36.9. The Labute approximate surface area is 172 Å². The van der Waals surface area contributed by atoms with Crippen LogP contribution in [0.4, 0.5) is 5.69 Å². The number of hydrogen-bond donors (Lipinski definition) is 0. The van der Waals surface area contributed by atoms with Gasteiger partial charge in [0.2, 0.25) is 0 Å². The summed E-state index contributed by atoms with van der Waals surface area (Å²) < 4.78 is 0. The summed E-state index contributed by atoms with van der Waals surface area (Å²) in [6.45, 7) is 0. The molecule has 0 spiro atoms. The van der Waals surface area contributed by atoms with Gasteiger partial charge in [-0.3, -0.25) is 19.7 Å². The van der Waals surface area contributed by atoms with Crippen molar-refractivity contribution in [3.63, 3.8) is 0 Å². The van der Waals surface area contributed by atoms with Gasteiger partial charge in [0.05, 0.1) is 10.6 Å². The minimum atomic E-state index is -0.880. The van der Waals surface area contributed by atoms with Crippen LogP contribution in [0.2, 0.25) is 0 Å². The third-order valence-electron chi connectivity index (χ3n) is 4.89. The molecule has 0 unspecified atom stereocenters. The normalized spacial score (nSPS) is 15.5. The molecule has 1 heterocycles. The number of carbonyl (C=O) groups is 2. The molecule has 0 saturated carbocycles. The number of nitro groups is 1. The molecule has 1 atom stereocenters. The average Bonchev–Trinajstić information content (AvgIpc) is 3.25. The van der Waals surface area contributed by atoms with Crippen molar-refractivity contribution in [1.82, 2.24) is 5.01 Å². The number of benzene rings is 3. The highest BCUT2D eigenvalue weighted by Gasteiger charge is 2.38. The summed E-state index contributed by atoms with van der Waals surface area (Å²) in [7, 11) is 0. The van der Waals surface area contributed by atoms with Crippen molar-refractivity contribution in [2.45, 2.75) is 12.5 Å². The smallest absolute Gasteiger partial charge is 0.274 e. The first-order chi connectivity index (χ1) is 14.5. The largest absolute Gasteiger partial charge is 0.292 e. The Morgan fingerprint density at radius 3 is 2.20 bits per heavy atom. The Kier molecular flexibility index (Phi) is 5.17. The predicted octanol–water partition coefficient (Wildman–Crippen LogP) is 4.10. The zero-order valence-corrected chi connectivity index (χ0v) is 15.8. The Hall–Kier alpha value is -4.13. The average molecular weight is 399 g/mol. The molecule has 30 heavy (non-hydrogen) atoms. The Morgan fingerprint density at radius 2 is 1.53 bits per heavy atom. The predicted molar refractivity (Wildman–Crippen MR) is 111 cm³/mol. The first-order valence-corrected chi connectivity index (χ1v) is 9.35. The SMILES string of the molecule is O=C(c1cccc([N+](=O)[O-])c1)[C@@H]1CC(c2ccccc2)=NN1C(=O)c1ccccc1. The molecule has 4 rings (SSSR count). The van der Waals surface area contributed by atoms with Gasteiger partial charge in [0.15, 0.2) is 5.78 Å². The maximum Gasteiger partial charge on any atom is 0.274 e. The fraction of sp³-hybridized carbons (Fsp3) is 0.0870. The van der Waals surface area contributed by atoms with E-state index < -0.39 is 22.7 Å². The molecule has 3 aromatic carbocycles. The van der Waals surface area contributed by atoms with Crippen molar-refractivity contribution in [3.8, 4) is 0 Å². The van der Waals surface area contributed by atoms with Crippen molar-refractivity contribution < 1.29 is 14.5 Å². The number of Topliss-reactive ketones (excluding diaryl/α,β-unsaturated/α-hetero) is 1. The summed E-state index contributed by atoms with van der Waals surface area (Å²) >= 11 is 0. The summed E-state index contributed by atoms with van der Waals surface area (Å²) in [6, 6.07) is 22.6. The quantitative estimate of drug-likeness (QED) is 0.367. The van der Waals surface area contributed by atoms with Crippen molar-refractivity contribution in [3.05, 3.63) is 112 Å². The summed E-state index contributed by atoms with van der Waals surface area (Å²) in [5.41, 5.74) is 1.84. The Morgan fingerprint density at radius 1 is 0.900 bits per heavy atom. The van der Waals surface area contributed by atoms with E-state index in [-0.39, 0.29) is 17.7 Å². The number of carbonyl (C=O) groups excluding carboxylic acids is 2. The Balaban J connectivity index is 1.71. The topological polar surface area (TPSA) is 92.9 Å². The molecule has 7 heteroatoms. The number of nitro benzene ring substituents is 1. The van der Waals surface area contributed by atoms with E-state index in [1.54, 1.807) is 30.3 Å². The van der Waals surface area contributed by atoms with Gasteiger partial charge in [-0.2, -0.15) is 5.10 Å². The van der Waals surface area contributed by atoms with E-state index in [1.807, 2.05) is 30.3 Å². The van der Waals surface area contributed by atoms with Gasteiger partial charge in [-0.15, -0.1) is 0 Å². The highest BCUT2D eigenvalue weighted by molar-refractivity contribution is 6.12. The molecule has 3 aromatic rings. The number of ketones is 1. The van der Waals surface area contributed by atoms with E-state index in [4.69, 9.17) is 0 Å². The van der Waals surface area contributed by atoms with Crippen molar-refractivity contribution in [1.29, 1.82) is 0 Å². The second kappa shape index (κ2) is 8.08. The maximum atomic E-state index is 13.3. The van der Waals surface area contributed by atoms with Gasteiger partial charge in [0.1, 0.15) is 6.04 Å². The minimum Gasteiger partial charge on any atom is -0.292 e. The molecule has 1 amide bonds. The Bertz CT molecular complexity index is 1140. The van der Waals surface area contributed by atoms with Crippen LogP contribution >= 0.6 is 0 Å². The van der Waals surface area contributed by atoms with Gasteiger partial charge < -0.3 is 0 Å². The maximum absolute atomic E-state index is 13.3. The summed E-state index contributed by atoms with van der Waals surface area (Å²) in [6.07, 6.45) is 0.226. The van der Waals surface area contributed by atoms with Crippen LogP contribution in [0.1, 0.15) is 32.7 Å². The molecule has 0 aromatic heterocycles. The number of rotatable bonds is 5. The van der Waals surface area contributed by atoms with Crippen LogP contribution in [0, 0.1) is 10.1 Å². The first-order valence-electron chi connectivity index (χ1n) is 9.35. The second-order valence-electron chi connectivity index (χ2n) is 6.82. The number of hydrogen-bond acceptors (Lipinski definition) is 5. The second-order valence-corrected chi connectivity index (χ2v) is 6.82. The van der Waals surface area contributed by atoms with Crippen molar-refractivity contribution in [2.75, 3.05) is 0 Å². The molecular weight excluding hydrogens is 382 g/mol. The van der Waals surface area contributed by atoms with Crippen LogP contribution in [0.25, 0.3) is 0 Å². The molecule has 7 nitrogen and oxygen atoms in total. The van der Waals surface area contributed by atoms with Crippen LogP contribution in [0.5, 0.6) is 0 Å².